The summed E-state index contributed by atoms with van der Waals surface area (Å²) in [7, 11) is -2.08. The number of nitrogens with zero attached hydrogens (tertiary/aromatic N) is 3. The van der Waals surface area contributed by atoms with Crippen molar-refractivity contribution in [3.8, 4) is 17.1 Å². The quantitative estimate of drug-likeness (QED) is 0.649. The highest BCUT2D eigenvalue weighted by Crippen LogP contribution is 2.30. The number of para-hydroxylation sites is 1. The second-order valence-corrected chi connectivity index (χ2v) is 8.32. The molecule has 0 atom stereocenters. The summed E-state index contributed by atoms with van der Waals surface area (Å²) in [5.74, 6) is 0.998. The molecule has 142 valence electrons. The Labute approximate surface area is 159 Å². The number of methoxy groups -OCH3 is 1. The molecule has 0 saturated heterocycles. The lowest BCUT2D eigenvalue weighted by molar-refractivity contribution is 0.415. The van der Waals surface area contributed by atoms with Crippen molar-refractivity contribution in [2.75, 3.05) is 7.11 Å². The van der Waals surface area contributed by atoms with Gasteiger partial charge in [-0.15, -0.1) is 10.2 Å². The summed E-state index contributed by atoms with van der Waals surface area (Å²) >= 11 is 0. The molecular weight excluding hydrogens is 362 g/mol. The Balaban J connectivity index is 2.07. The maximum absolute atomic E-state index is 13.1. The van der Waals surface area contributed by atoms with Crippen LogP contribution in [0, 0.1) is 13.8 Å². The number of sulfone groups is 1. The van der Waals surface area contributed by atoms with E-state index in [0.29, 0.717) is 23.7 Å². The van der Waals surface area contributed by atoms with Gasteiger partial charge in [0.25, 0.3) is 0 Å². The first-order chi connectivity index (χ1) is 12.9. The first kappa shape index (κ1) is 19.1. The van der Waals surface area contributed by atoms with E-state index in [4.69, 9.17) is 4.74 Å². The van der Waals surface area contributed by atoms with Crippen LogP contribution in [0.2, 0.25) is 0 Å². The first-order valence-corrected chi connectivity index (χ1v) is 10.4. The molecule has 0 N–H and O–H groups in total. The monoisotopic (exact) mass is 385 g/mol. The third-order valence-electron chi connectivity index (χ3n) is 4.51. The van der Waals surface area contributed by atoms with Gasteiger partial charge in [-0.25, -0.2) is 8.42 Å². The minimum absolute atomic E-state index is 0.0215. The van der Waals surface area contributed by atoms with Gasteiger partial charge in [0.1, 0.15) is 5.75 Å². The molecule has 0 unspecified atom stereocenters. The summed E-state index contributed by atoms with van der Waals surface area (Å²) in [6.07, 6.45) is 0. The Kier molecular flexibility index (Phi) is 5.32. The molecule has 0 amide bonds. The average molecular weight is 385 g/mol. The SMILES string of the molecule is CCn1c(-c2ccccc2OC)nnc1S(=O)(=O)Cc1cc(C)ccc1C. The zero-order valence-electron chi connectivity index (χ0n) is 15.9. The van der Waals surface area contributed by atoms with E-state index in [9.17, 15) is 8.42 Å². The number of rotatable bonds is 6. The van der Waals surface area contributed by atoms with Gasteiger partial charge in [0.05, 0.1) is 18.4 Å². The molecule has 7 heteroatoms. The zero-order chi connectivity index (χ0) is 19.6. The van der Waals surface area contributed by atoms with Crippen molar-refractivity contribution < 1.29 is 13.2 Å². The minimum atomic E-state index is -3.65. The van der Waals surface area contributed by atoms with Crippen molar-refractivity contribution in [3.63, 3.8) is 0 Å². The van der Waals surface area contributed by atoms with Gasteiger partial charge in [-0.1, -0.05) is 35.9 Å². The second kappa shape index (κ2) is 7.52. The molecule has 0 bridgehead atoms. The van der Waals surface area contributed by atoms with Crippen LogP contribution in [0.3, 0.4) is 0 Å². The van der Waals surface area contributed by atoms with Gasteiger partial charge in [-0.3, -0.25) is 4.57 Å². The Morgan fingerprint density at radius 1 is 1.07 bits per heavy atom. The van der Waals surface area contributed by atoms with E-state index in [1.54, 1.807) is 11.7 Å². The predicted octanol–water partition coefficient (Wildman–Crippen LogP) is 3.56. The van der Waals surface area contributed by atoms with Crippen LogP contribution in [0.5, 0.6) is 5.75 Å². The van der Waals surface area contributed by atoms with Gasteiger partial charge in [0, 0.05) is 6.54 Å². The highest BCUT2D eigenvalue weighted by atomic mass is 32.2. The van der Waals surface area contributed by atoms with Gasteiger partial charge >= 0.3 is 0 Å². The van der Waals surface area contributed by atoms with Crippen LogP contribution in [0.1, 0.15) is 23.6 Å². The van der Waals surface area contributed by atoms with Crippen LogP contribution in [0.25, 0.3) is 11.4 Å². The molecule has 0 fully saturated rings. The standard InChI is InChI=1S/C20H23N3O3S/c1-5-23-19(17-8-6-7-9-18(17)26-4)21-22-20(23)27(24,25)13-16-12-14(2)10-11-15(16)3/h6-12H,5,13H2,1-4H3. The molecule has 3 rings (SSSR count). The predicted molar refractivity (Wildman–Crippen MR) is 104 cm³/mol. The fraction of sp³-hybridized carbons (Fsp3) is 0.300. The molecule has 1 heterocycles. The molecule has 0 aliphatic heterocycles. The molecule has 0 saturated carbocycles. The summed E-state index contributed by atoms with van der Waals surface area (Å²) in [6, 6.07) is 13.2. The van der Waals surface area contributed by atoms with Crippen LogP contribution in [0.15, 0.2) is 47.6 Å². The van der Waals surface area contributed by atoms with Crippen LogP contribution in [-0.2, 0) is 22.1 Å². The summed E-state index contributed by atoms with van der Waals surface area (Å²) in [6.45, 7) is 6.17. The third-order valence-corrected chi connectivity index (χ3v) is 6.06. The van der Waals surface area contributed by atoms with Crippen molar-refractivity contribution >= 4 is 9.84 Å². The summed E-state index contributed by atoms with van der Waals surface area (Å²) in [5, 5.41) is 8.17. The molecule has 2 aromatic carbocycles. The highest BCUT2D eigenvalue weighted by molar-refractivity contribution is 7.90. The molecule has 1 aromatic heterocycles. The van der Waals surface area contributed by atoms with Crippen LogP contribution in [0.4, 0.5) is 0 Å². The van der Waals surface area contributed by atoms with E-state index in [-0.39, 0.29) is 10.9 Å². The summed E-state index contributed by atoms with van der Waals surface area (Å²) < 4.78 is 33.2. The maximum atomic E-state index is 13.1. The highest BCUT2D eigenvalue weighted by Gasteiger charge is 2.26. The molecule has 0 aliphatic carbocycles. The lowest BCUT2D eigenvalue weighted by Gasteiger charge is -2.12. The number of ether oxygens (including phenoxy) is 1. The topological polar surface area (TPSA) is 74.1 Å². The second-order valence-electron chi connectivity index (χ2n) is 6.44. The van der Waals surface area contributed by atoms with E-state index in [0.717, 1.165) is 16.7 Å². The fourth-order valence-electron chi connectivity index (χ4n) is 3.06. The molecule has 6 nitrogen and oxygen atoms in total. The van der Waals surface area contributed by atoms with E-state index in [1.165, 1.54) is 0 Å². The average Bonchev–Trinajstić information content (AvgIpc) is 3.09. The summed E-state index contributed by atoms with van der Waals surface area (Å²) in [5.41, 5.74) is 3.45. The van der Waals surface area contributed by atoms with Gasteiger partial charge in [-0.05, 0) is 44.0 Å². The van der Waals surface area contributed by atoms with Gasteiger partial charge < -0.3 is 4.74 Å². The smallest absolute Gasteiger partial charge is 0.250 e. The van der Waals surface area contributed by atoms with Crippen molar-refractivity contribution in [3.05, 3.63) is 59.2 Å². The molecule has 0 spiro atoms. The van der Waals surface area contributed by atoms with Crippen molar-refractivity contribution in [1.82, 2.24) is 14.8 Å². The molecule has 27 heavy (non-hydrogen) atoms. The van der Waals surface area contributed by atoms with E-state index >= 15 is 0 Å². The van der Waals surface area contributed by atoms with E-state index in [2.05, 4.69) is 10.2 Å². The Morgan fingerprint density at radius 2 is 1.81 bits per heavy atom. The van der Waals surface area contributed by atoms with Crippen molar-refractivity contribution in [2.24, 2.45) is 0 Å². The lowest BCUT2D eigenvalue weighted by Crippen LogP contribution is -2.14. The minimum Gasteiger partial charge on any atom is -0.496 e. The molecular formula is C20H23N3O3S. The van der Waals surface area contributed by atoms with Crippen LogP contribution >= 0.6 is 0 Å². The van der Waals surface area contributed by atoms with E-state index < -0.39 is 9.84 Å². The van der Waals surface area contributed by atoms with Gasteiger partial charge in [0.15, 0.2) is 5.82 Å². The number of aromatic nitrogens is 3. The number of benzene rings is 2. The largest absolute Gasteiger partial charge is 0.496 e. The van der Waals surface area contributed by atoms with Gasteiger partial charge in [-0.2, -0.15) is 0 Å². The zero-order valence-corrected chi connectivity index (χ0v) is 16.7. The number of aryl methyl sites for hydroxylation is 2. The maximum Gasteiger partial charge on any atom is 0.250 e. The Bertz CT molecular complexity index is 1070. The molecule has 3 aromatic rings. The lowest BCUT2D eigenvalue weighted by atomic mass is 10.1. The third kappa shape index (κ3) is 3.73. The van der Waals surface area contributed by atoms with Crippen molar-refractivity contribution in [2.45, 2.75) is 38.2 Å². The van der Waals surface area contributed by atoms with Crippen LogP contribution in [-0.4, -0.2) is 30.3 Å². The van der Waals surface area contributed by atoms with Crippen LogP contribution < -0.4 is 4.74 Å². The van der Waals surface area contributed by atoms with Crippen molar-refractivity contribution in [1.29, 1.82) is 0 Å². The number of hydrogen-bond acceptors (Lipinski definition) is 5. The molecule has 0 radical (unpaired) electrons. The fourth-order valence-corrected chi connectivity index (χ4v) is 4.62. The molecule has 0 aliphatic rings. The first-order valence-electron chi connectivity index (χ1n) is 8.73. The summed E-state index contributed by atoms with van der Waals surface area (Å²) in [4.78, 5) is 0. The van der Waals surface area contributed by atoms with E-state index in [1.807, 2.05) is 63.2 Å². The number of hydrogen-bond donors (Lipinski definition) is 0. The van der Waals surface area contributed by atoms with Gasteiger partial charge in [0.2, 0.25) is 15.0 Å². The Hall–Kier alpha value is -2.67. The Morgan fingerprint density at radius 3 is 2.52 bits per heavy atom. The normalized spacial score (nSPS) is 11.6.